The summed E-state index contributed by atoms with van der Waals surface area (Å²) in [5.74, 6) is 0.182. The number of aryl methyl sites for hydroxylation is 1. The van der Waals surface area contributed by atoms with Crippen molar-refractivity contribution in [2.45, 2.75) is 46.1 Å². The van der Waals surface area contributed by atoms with Gasteiger partial charge in [-0.25, -0.2) is 0 Å². The number of rotatable bonds is 8. The van der Waals surface area contributed by atoms with Crippen LogP contribution in [-0.2, 0) is 4.79 Å². The molecule has 1 rings (SSSR count). The minimum Gasteiger partial charge on any atom is -0.394 e. The lowest BCUT2D eigenvalue weighted by Crippen LogP contribution is -2.38. The van der Waals surface area contributed by atoms with Gasteiger partial charge in [-0.15, -0.1) is 0 Å². The number of Topliss-reactive ketones (excluding diaryl/α,β-unsaturated/α-hetero) is 1. The molecule has 0 saturated heterocycles. The predicted molar refractivity (Wildman–Crippen MR) is 83.2 cm³/mol. The largest absolute Gasteiger partial charge is 0.394 e. The summed E-state index contributed by atoms with van der Waals surface area (Å²) in [6, 6.07) is 7.11. The third kappa shape index (κ3) is 6.54. The number of ketones is 1. The molecular formula is C17H25NO3. The van der Waals surface area contributed by atoms with Gasteiger partial charge in [0.1, 0.15) is 0 Å². The molecule has 0 heterocycles. The molecule has 4 heteroatoms. The van der Waals surface area contributed by atoms with Crippen LogP contribution in [0.5, 0.6) is 0 Å². The molecule has 1 aromatic rings. The van der Waals surface area contributed by atoms with Gasteiger partial charge in [0.2, 0.25) is 5.91 Å². The number of hydrogen-bond donors (Lipinski definition) is 2. The van der Waals surface area contributed by atoms with E-state index in [2.05, 4.69) is 5.32 Å². The van der Waals surface area contributed by atoms with Gasteiger partial charge in [-0.05, 0) is 19.3 Å². The van der Waals surface area contributed by atoms with E-state index in [9.17, 15) is 14.7 Å². The standard InChI is InChI=1S/C17H25NO3/c1-12(2)10-15(11-19)18-17(21)9-8-16(20)14-6-4-13(3)5-7-14/h4-7,12,15,19H,8-11H2,1-3H3,(H,18,21). The lowest BCUT2D eigenvalue weighted by atomic mass is 10.0. The van der Waals surface area contributed by atoms with Gasteiger partial charge in [0.15, 0.2) is 5.78 Å². The molecule has 2 N–H and O–H groups in total. The van der Waals surface area contributed by atoms with Gasteiger partial charge in [-0.3, -0.25) is 9.59 Å². The van der Waals surface area contributed by atoms with Crippen LogP contribution in [0.25, 0.3) is 0 Å². The molecule has 4 nitrogen and oxygen atoms in total. The summed E-state index contributed by atoms with van der Waals surface area (Å²) in [4.78, 5) is 23.8. The van der Waals surface area contributed by atoms with E-state index in [1.807, 2.05) is 32.9 Å². The van der Waals surface area contributed by atoms with Crippen LogP contribution in [0.15, 0.2) is 24.3 Å². The molecule has 0 spiro atoms. The van der Waals surface area contributed by atoms with Crippen molar-refractivity contribution in [3.05, 3.63) is 35.4 Å². The van der Waals surface area contributed by atoms with E-state index in [0.717, 1.165) is 12.0 Å². The van der Waals surface area contributed by atoms with Crippen molar-refractivity contribution in [3.8, 4) is 0 Å². The van der Waals surface area contributed by atoms with E-state index in [1.54, 1.807) is 12.1 Å². The number of aliphatic hydroxyl groups is 1. The number of benzene rings is 1. The summed E-state index contributed by atoms with van der Waals surface area (Å²) in [7, 11) is 0. The topological polar surface area (TPSA) is 66.4 Å². The molecular weight excluding hydrogens is 266 g/mol. The molecule has 0 aliphatic rings. The van der Waals surface area contributed by atoms with E-state index < -0.39 is 0 Å². The summed E-state index contributed by atoms with van der Waals surface area (Å²) in [6.45, 7) is 5.97. The van der Waals surface area contributed by atoms with Crippen molar-refractivity contribution >= 4 is 11.7 Å². The Balaban J connectivity index is 2.41. The Bertz CT molecular complexity index is 465. The van der Waals surface area contributed by atoms with Crippen LogP contribution in [0.1, 0.15) is 49.0 Å². The van der Waals surface area contributed by atoms with Crippen LogP contribution in [0.3, 0.4) is 0 Å². The Morgan fingerprint density at radius 1 is 1.14 bits per heavy atom. The zero-order valence-electron chi connectivity index (χ0n) is 13.1. The second-order valence-corrected chi connectivity index (χ2v) is 5.87. The van der Waals surface area contributed by atoms with Crippen molar-refractivity contribution in [2.24, 2.45) is 5.92 Å². The lowest BCUT2D eigenvalue weighted by Gasteiger charge is -2.18. The molecule has 21 heavy (non-hydrogen) atoms. The van der Waals surface area contributed by atoms with Crippen molar-refractivity contribution in [2.75, 3.05) is 6.61 Å². The van der Waals surface area contributed by atoms with E-state index in [4.69, 9.17) is 0 Å². The predicted octanol–water partition coefficient (Wildman–Crippen LogP) is 2.48. The highest BCUT2D eigenvalue weighted by Crippen LogP contribution is 2.08. The molecule has 0 aliphatic heterocycles. The number of hydrogen-bond acceptors (Lipinski definition) is 3. The van der Waals surface area contributed by atoms with Crippen LogP contribution in [0.4, 0.5) is 0 Å². The fourth-order valence-corrected chi connectivity index (χ4v) is 2.16. The Morgan fingerprint density at radius 3 is 2.29 bits per heavy atom. The van der Waals surface area contributed by atoms with Gasteiger partial charge in [0.25, 0.3) is 0 Å². The van der Waals surface area contributed by atoms with E-state index in [0.29, 0.717) is 11.5 Å². The second-order valence-electron chi connectivity index (χ2n) is 5.87. The van der Waals surface area contributed by atoms with Gasteiger partial charge in [0.05, 0.1) is 12.6 Å². The SMILES string of the molecule is Cc1ccc(C(=O)CCC(=O)NC(CO)CC(C)C)cc1. The molecule has 0 aromatic heterocycles. The molecule has 0 bridgehead atoms. The first-order valence-corrected chi connectivity index (χ1v) is 7.42. The zero-order valence-corrected chi connectivity index (χ0v) is 13.1. The Hall–Kier alpha value is -1.68. The van der Waals surface area contributed by atoms with Crippen molar-refractivity contribution in [1.29, 1.82) is 0 Å². The molecule has 0 aliphatic carbocycles. The van der Waals surface area contributed by atoms with Gasteiger partial charge in [-0.2, -0.15) is 0 Å². The second kappa shape index (κ2) is 8.57. The summed E-state index contributed by atoms with van der Waals surface area (Å²) in [6.07, 6.45) is 1.07. The Labute approximate surface area is 126 Å². The van der Waals surface area contributed by atoms with Crippen LogP contribution in [-0.4, -0.2) is 29.4 Å². The first-order valence-electron chi connectivity index (χ1n) is 7.42. The van der Waals surface area contributed by atoms with Crippen molar-refractivity contribution in [3.63, 3.8) is 0 Å². The maximum atomic E-state index is 12.0. The first-order chi connectivity index (χ1) is 9.92. The molecule has 1 atom stereocenters. The average Bonchev–Trinajstić information content (AvgIpc) is 2.44. The summed E-state index contributed by atoms with van der Waals surface area (Å²) < 4.78 is 0. The van der Waals surface area contributed by atoms with E-state index >= 15 is 0 Å². The molecule has 0 saturated carbocycles. The van der Waals surface area contributed by atoms with Crippen molar-refractivity contribution in [1.82, 2.24) is 5.32 Å². The minimum atomic E-state index is -0.230. The molecule has 1 amide bonds. The molecule has 0 fully saturated rings. The van der Waals surface area contributed by atoms with Gasteiger partial charge < -0.3 is 10.4 Å². The molecule has 1 aromatic carbocycles. The molecule has 0 radical (unpaired) electrons. The van der Waals surface area contributed by atoms with Crippen molar-refractivity contribution < 1.29 is 14.7 Å². The average molecular weight is 291 g/mol. The van der Waals surface area contributed by atoms with E-state index in [1.165, 1.54) is 0 Å². The first kappa shape index (κ1) is 17.4. The Morgan fingerprint density at radius 2 is 1.76 bits per heavy atom. The number of aliphatic hydroxyl groups excluding tert-OH is 1. The Kier molecular flexibility index (Phi) is 7.09. The quantitative estimate of drug-likeness (QED) is 0.723. The number of nitrogens with one attached hydrogen (secondary N) is 1. The fourth-order valence-electron chi connectivity index (χ4n) is 2.16. The van der Waals surface area contributed by atoms with Crippen LogP contribution >= 0.6 is 0 Å². The summed E-state index contributed by atoms with van der Waals surface area (Å²) in [5.41, 5.74) is 1.73. The fraction of sp³-hybridized carbons (Fsp3) is 0.529. The third-order valence-corrected chi connectivity index (χ3v) is 3.29. The van der Waals surface area contributed by atoms with Gasteiger partial charge in [-0.1, -0.05) is 43.7 Å². The molecule has 1 unspecified atom stereocenters. The normalized spacial score (nSPS) is 12.2. The van der Waals surface area contributed by atoms with Crippen LogP contribution < -0.4 is 5.32 Å². The highest BCUT2D eigenvalue weighted by Gasteiger charge is 2.14. The number of carbonyl (C=O) groups is 2. The van der Waals surface area contributed by atoms with Gasteiger partial charge >= 0.3 is 0 Å². The van der Waals surface area contributed by atoms with Crippen LogP contribution in [0.2, 0.25) is 0 Å². The smallest absolute Gasteiger partial charge is 0.220 e. The maximum absolute atomic E-state index is 12.0. The maximum Gasteiger partial charge on any atom is 0.220 e. The zero-order chi connectivity index (χ0) is 15.8. The summed E-state index contributed by atoms with van der Waals surface area (Å²) in [5, 5.41) is 12.0. The highest BCUT2D eigenvalue weighted by atomic mass is 16.3. The van der Waals surface area contributed by atoms with Gasteiger partial charge in [0, 0.05) is 18.4 Å². The summed E-state index contributed by atoms with van der Waals surface area (Å²) >= 11 is 0. The minimum absolute atomic E-state index is 0.0328. The third-order valence-electron chi connectivity index (χ3n) is 3.29. The number of carbonyl (C=O) groups excluding carboxylic acids is 2. The van der Waals surface area contributed by atoms with E-state index in [-0.39, 0.29) is 37.2 Å². The monoisotopic (exact) mass is 291 g/mol. The van der Waals surface area contributed by atoms with Crippen LogP contribution in [0, 0.1) is 12.8 Å². The highest BCUT2D eigenvalue weighted by molar-refractivity contribution is 5.97. The lowest BCUT2D eigenvalue weighted by molar-refractivity contribution is -0.122. The number of amides is 1. The molecule has 116 valence electrons.